The van der Waals surface area contributed by atoms with Gasteiger partial charge in [0.1, 0.15) is 0 Å². The Morgan fingerprint density at radius 2 is 1.64 bits per heavy atom. The van der Waals surface area contributed by atoms with E-state index in [-0.39, 0.29) is 36.6 Å². The summed E-state index contributed by atoms with van der Waals surface area (Å²) in [4.78, 5) is 29.1. The van der Waals surface area contributed by atoms with Gasteiger partial charge in [0.15, 0.2) is 0 Å². The van der Waals surface area contributed by atoms with Crippen molar-refractivity contribution in [2.24, 2.45) is 11.1 Å². The van der Waals surface area contributed by atoms with Crippen LogP contribution in [0.1, 0.15) is 12.8 Å². The van der Waals surface area contributed by atoms with Crippen molar-refractivity contribution in [3.05, 3.63) is 30.3 Å². The van der Waals surface area contributed by atoms with Crippen molar-refractivity contribution in [3.63, 3.8) is 0 Å². The smallest absolute Gasteiger partial charge is 0.238 e. The predicted molar refractivity (Wildman–Crippen MR) is 114 cm³/mol. The number of benzene rings is 1. The number of ether oxygens (including phenoxy) is 1. The molecule has 0 unspecified atom stereocenters. The third kappa shape index (κ3) is 6.06. The van der Waals surface area contributed by atoms with E-state index in [4.69, 9.17) is 10.5 Å². The summed E-state index contributed by atoms with van der Waals surface area (Å²) < 4.78 is 5.39. The maximum absolute atomic E-state index is 13.0. The lowest BCUT2D eigenvalue weighted by Gasteiger charge is -2.42. The van der Waals surface area contributed by atoms with E-state index in [0.29, 0.717) is 65.3 Å². The molecule has 0 saturated carbocycles. The number of nitrogens with one attached hydrogen (secondary N) is 1. The molecule has 1 aromatic rings. The fourth-order valence-corrected chi connectivity index (χ4v) is 3.64. The second-order valence-electron chi connectivity index (χ2n) is 7.08. The number of hydrogen-bond acceptors (Lipinski definition) is 5. The van der Waals surface area contributed by atoms with Crippen molar-refractivity contribution in [2.75, 3.05) is 57.8 Å². The highest BCUT2D eigenvalue weighted by atomic mass is 35.5. The summed E-state index contributed by atoms with van der Waals surface area (Å²) in [6.45, 7) is 4.59. The van der Waals surface area contributed by atoms with Crippen molar-refractivity contribution in [1.82, 2.24) is 9.80 Å². The summed E-state index contributed by atoms with van der Waals surface area (Å²) in [6, 6.07) is 9.44. The van der Waals surface area contributed by atoms with Gasteiger partial charge in [-0.25, -0.2) is 0 Å². The van der Waals surface area contributed by atoms with E-state index in [2.05, 4.69) is 10.2 Å². The van der Waals surface area contributed by atoms with Crippen LogP contribution in [0.4, 0.5) is 5.69 Å². The predicted octanol–water partition coefficient (Wildman–Crippen LogP) is 1.37. The molecule has 3 rings (SSSR count). The number of hydrogen-bond donors (Lipinski definition) is 2. The Morgan fingerprint density at radius 1 is 1.04 bits per heavy atom. The molecular formula is C19H30Cl2N4O3. The zero-order valence-corrected chi connectivity index (χ0v) is 17.6. The molecule has 3 N–H and O–H groups in total. The molecule has 9 heteroatoms. The van der Waals surface area contributed by atoms with E-state index in [1.54, 1.807) is 0 Å². The van der Waals surface area contributed by atoms with Gasteiger partial charge in [-0.05, 0) is 25.0 Å². The van der Waals surface area contributed by atoms with Crippen LogP contribution in [0.5, 0.6) is 0 Å². The standard InChI is InChI=1S/C19H28N4O3.2ClH/c20-15-19(6-12-26-13-7-19)18(25)23-10-8-22(9-11-23)14-17(24)21-16-4-2-1-3-5-16;;/h1-5H,6-15,20H2,(H,21,24);2*1H. The quantitative estimate of drug-likeness (QED) is 0.733. The monoisotopic (exact) mass is 432 g/mol. The molecular weight excluding hydrogens is 403 g/mol. The van der Waals surface area contributed by atoms with Crippen molar-refractivity contribution < 1.29 is 14.3 Å². The van der Waals surface area contributed by atoms with Crippen LogP contribution >= 0.6 is 24.8 Å². The average Bonchev–Trinajstić information content (AvgIpc) is 2.69. The summed E-state index contributed by atoms with van der Waals surface area (Å²) in [6.07, 6.45) is 1.39. The third-order valence-corrected chi connectivity index (χ3v) is 5.38. The minimum atomic E-state index is -0.467. The Kier molecular flexibility index (Phi) is 10.2. The summed E-state index contributed by atoms with van der Waals surface area (Å²) in [5, 5.41) is 2.90. The Morgan fingerprint density at radius 3 is 2.21 bits per heavy atom. The molecule has 0 atom stereocenters. The van der Waals surface area contributed by atoms with E-state index in [9.17, 15) is 9.59 Å². The number of halogens is 2. The molecule has 158 valence electrons. The molecule has 2 fully saturated rings. The van der Waals surface area contributed by atoms with E-state index in [1.165, 1.54) is 0 Å². The van der Waals surface area contributed by atoms with Gasteiger partial charge in [0.2, 0.25) is 11.8 Å². The molecule has 0 bridgehead atoms. The zero-order chi connectivity index (χ0) is 18.4. The van der Waals surface area contributed by atoms with Gasteiger partial charge < -0.3 is 20.7 Å². The molecule has 0 radical (unpaired) electrons. The molecule has 2 saturated heterocycles. The lowest BCUT2D eigenvalue weighted by molar-refractivity contribution is -0.149. The number of para-hydroxylation sites is 1. The first-order valence-electron chi connectivity index (χ1n) is 9.27. The number of piperazine rings is 1. The van der Waals surface area contributed by atoms with Crippen molar-refractivity contribution in [3.8, 4) is 0 Å². The van der Waals surface area contributed by atoms with E-state index < -0.39 is 5.41 Å². The van der Waals surface area contributed by atoms with Crippen LogP contribution in [0.25, 0.3) is 0 Å². The average molecular weight is 433 g/mol. The number of nitrogens with zero attached hydrogens (tertiary/aromatic N) is 2. The van der Waals surface area contributed by atoms with Crippen LogP contribution < -0.4 is 11.1 Å². The Hall–Kier alpha value is -1.38. The minimum absolute atomic E-state index is 0. The summed E-state index contributed by atoms with van der Waals surface area (Å²) in [5.41, 5.74) is 6.28. The van der Waals surface area contributed by atoms with Crippen molar-refractivity contribution in [2.45, 2.75) is 12.8 Å². The normalized spacial score (nSPS) is 19.1. The van der Waals surface area contributed by atoms with Crippen LogP contribution in [-0.2, 0) is 14.3 Å². The maximum Gasteiger partial charge on any atom is 0.238 e. The van der Waals surface area contributed by atoms with Crippen LogP contribution in [0.3, 0.4) is 0 Å². The van der Waals surface area contributed by atoms with Crippen molar-refractivity contribution >= 4 is 42.3 Å². The molecule has 0 spiro atoms. The highest BCUT2D eigenvalue weighted by molar-refractivity contribution is 5.92. The molecule has 0 aliphatic carbocycles. The van der Waals surface area contributed by atoms with Gasteiger partial charge in [-0.2, -0.15) is 0 Å². The second kappa shape index (κ2) is 11.6. The van der Waals surface area contributed by atoms with Gasteiger partial charge in [-0.1, -0.05) is 18.2 Å². The highest BCUT2D eigenvalue weighted by Gasteiger charge is 2.42. The fourth-order valence-electron chi connectivity index (χ4n) is 3.64. The second-order valence-corrected chi connectivity index (χ2v) is 7.08. The van der Waals surface area contributed by atoms with Gasteiger partial charge in [0, 0.05) is 51.6 Å². The number of nitrogens with two attached hydrogens (primary N) is 1. The van der Waals surface area contributed by atoms with Gasteiger partial charge in [-0.3, -0.25) is 14.5 Å². The first-order chi connectivity index (χ1) is 12.6. The summed E-state index contributed by atoms with van der Waals surface area (Å²) >= 11 is 0. The lowest BCUT2D eigenvalue weighted by Crippen LogP contribution is -2.56. The first-order valence-corrected chi connectivity index (χ1v) is 9.27. The minimum Gasteiger partial charge on any atom is -0.381 e. The molecule has 2 aliphatic rings. The first kappa shape index (κ1) is 24.7. The highest BCUT2D eigenvalue weighted by Crippen LogP contribution is 2.32. The number of amides is 2. The molecule has 28 heavy (non-hydrogen) atoms. The van der Waals surface area contributed by atoms with E-state index >= 15 is 0 Å². The fraction of sp³-hybridized carbons (Fsp3) is 0.579. The molecule has 7 nitrogen and oxygen atoms in total. The SMILES string of the molecule is Cl.Cl.NCC1(C(=O)N2CCN(CC(=O)Nc3ccccc3)CC2)CCOCC1. The molecule has 0 aromatic heterocycles. The summed E-state index contributed by atoms with van der Waals surface area (Å²) in [7, 11) is 0. The largest absolute Gasteiger partial charge is 0.381 e. The zero-order valence-electron chi connectivity index (χ0n) is 16.0. The molecule has 2 heterocycles. The maximum atomic E-state index is 13.0. The van der Waals surface area contributed by atoms with E-state index in [1.807, 2.05) is 35.2 Å². The Labute approximate surface area is 178 Å². The van der Waals surface area contributed by atoms with Crippen LogP contribution in [0.15, 0.2) is 30.3 Å². The van der Waals surface area contributed by atoms with E-state index in [0.717, 1.165) is 5.69 Å². The number of carbonyl (C=O) groups is 2. The lowest BCUT2D eigenvalue weighted by atomic mass is 9.78. The number of anilines is 1. The number of carbonyl (C=O) groups excluding carboxylic acids is 2. The van der Waals surface area contributed by atoms with Crippen LogP contribution in [0, 0.1) is 5.41 Å². The molecule has 1 aromatic carbocycles. The molecule has 2 aliphatic heterocycles. The van der Waals surface area contributed by atoms with Gasteiger partial charge in [0.05, 0.1) is 12.0 Å². The summed E-state index contributed by atoms with van der Waals surface area (Å²) in [5.74, 6) is 0.121. The topological polar surface area (TPSA) is 87.9 Å². The van der Waals surface area contributed by atoms with Crippen LogP contribution in [-0.4, -0.2) is 74.1 Å². The van der Waals surface area contributed by atoms with Gasteiger partial charge in [0.25, 0.3) is 0 Å². The van der Waals surface area contributed by atoms with Gasteiger partial charge in [-0.15, -0.1) is 24.8 Å². The Bertz CT molecular complexity index is 619. The third-order valence-electron chi connectivity index (χ3n) is 5.38. The Balaban J connectivity index is 0.00000196. The van der Waals surface area contributed by atoms with Gasteiger partial charge >= 0.3 is 0 Å². The number of rotatable bonds is 5. The van der Waals surface area contributed by atoms with Crippen LogP contribution in [0.2, 0.25) is 0 Å². The molecule has 2 amide bonds. The van der Waals surface area contributed by atoms with Crippen molar-refractivity contribution in [1.29, 1.82) is 0 Å².